The van der Waals surface area contributed by atoms with Crippen molar-refractivity contribution in [1.82, 2.24) is 4.57 Å². The molecular weight excluding hydrogens is 221 g/mol. The first-order valence-electron chi connectivity index (χ1n) is 5.65. The van der Waals surface area contributed by atoms with Crippen LogP contribution in [0.4, 0.5) is 4.39 Å². The number of aryl methyl sites for hydroxylation is 1. The Kier molecular flexibility index (Phi) is 2.18. The number of carboxylic acids is 1. The molecule has 17 heavy (non-hydrogen) atoms. The minimum absolute atomic E-state index is 0.254. The van der Waals surface area contributed by atoms with Gasteiger partial charge in [-0.2, -0.15) is 0 Å². The van der Waals surface area contributed by atoms with Crippen LogP contribution in [0.25, 0.3) is 10.9 Å². The van der Waals surface area contributed by atoms with E-state index in [9.17, 15) is 9.18 Å². The number of rotatable bonds is 1. The number of fused-ring (bicyclic) bond motifs is 3. The summed E-state index contributed by atoms with van der Waals surface area (Å²) in [5.41, 5.74) is 1.98. The van der Waals surface area contributed by atoms with Crippen LogP contribution in [0.3, 0.4) is 0 Å². The van der Waals surface area contributed by atoms with Gasteiger partial charge in [0.25, 0.3) is 0 Å². The van der Waals surface area contributed by atoms with E-state index >= 15 is 0 Å². The van der Waals surface area contributed by atoms with Gasteiger partial charge in [-0.15, -0.1) is 0 Å². The molecule has 1 aromatic carbocycles. The highest BCUT2D eigenvalue weighted by molar-refractivity contribution is 5.82. The largest absolute Gasteiger partial charge is 0.481 e. The number of carbonyl (C=O) groups is 1. The Morgan fingerprint density at radius 3 is 3.00 bits per heavy atom. The molecule has 88 valence electrons. The maximum absolute atomic E-state index is 13.1. The van der Waals surface area contributed by atoms with Gasteiger partial charge in [-0.25, -0.2) is 4.39 Å². The summed E-state index contributed by atoms with van der Waals surface area (Å²) in [5, 5.41) is 9.87. The Balaban J connectivity index is 2.09. The van der Waals surface area contributed by atoms with Crippen molar-refractivity contribution in [3.63, 3.8) is 0 Å². The molecule has 2 heterocycles. The normalized spacial score (nSPS) is 19.2. The van der Waals surface area contributed by atoms with Crippen LogP contribution in [0.5, 0.6) is 0 Å². The summed E-state index contributed by atoms with van der Waals surface area (Å²) in [6, 6.07) is 6.60. The Morgan fingerprint density at radius 2 is 2.24 bits per heavy atom. The third kappa shape index (κ3) is 1.60. The predicted octanol–water partition coefficient (Wildman–Crippen LogP) is 2.43. The Bertz CT molecular complexity index is 603. The van der Waals surface area contributed by atoms with E-state index in [1.807, 2.05) is 6.07 Å². The van der Waals surface area contributed by atoms with Crippen LogP contribution in [0, 0.1) is 11.7 Å². The first-order valence-corrected chi connectivity index (χ1v) is 5.65. The van der Waals surface area contributed by atoms with Crippen molar-refractivity contribution in [3.8, 4) is 0 Å². The average Bonchev–Trinajstić information content (AvgIpc) is 2.64. The van der Waals surface area contributed by atoms with Crippen molar-refractivity contribution in [2.24, 2.45) is 5.92 Å². The Labute approximate surface area is 97.5 Å². The zero-order chi connectivity index (χ0) is 12.0. The van der Waals surface area contributed by atoms with Crippen molar-refractivity contribution < 1.29 is 14.3 Å². The minimum atomic E-state index is -0.743. The summed E-state index contributed by atoms with van der Waals surface area (Å²) in [6.07, 6.45) is 1.18. The molecule has 0 bridgehead atoms. The molecule has 0 saturated heterocycles. The number of hydrogen-bond donors (Lipinski definition) is 1. The summed E-state index contributed by atoms with van der Waals surface area (Å²) in [7, 11) is 0. The average molecular weight is 233 g/mol. The summed E-state index contributed by atoms with van der Waals surface area (Å²) < 4.78 is 15.2. The smallest absolute Gasteiger partial charge is 0.306 e. The second-order valence-electron chi connectivity index (χ2n) is 4.52. The van der Waals surface area contributed by atoms with Gasteiger partial charge in [0.15, 0.2) is 0 Å². The molecule has 3 nitrogen and oxygen atoms in total. The van der Waals surface area contributed by atoms with Crippen LogP contribution >= 0.6 is 0 Å². The van der Waals surface area contributed by atoms with E-state index in [-0.39, 0.29) is 11.7 Å². The number of halogens is 1. The lowest BCUT2D eigenvalue weighted by molar-refractivity contribution is -0.142. The number of nitrogens with zero attached hydrogens (tertiary/aromatic N) is 1. The molecule has 1 N–H and O–H groups in total. The zero-order valence-electron chi connectivity index (χ0n) is 9.19. The molecule has 1 aliphatic heterocycles. The number of benzene rings is 1. The standard InChI is InChI=1S/C13H12FNO2/c14-10-1-2-12-9(5-10)7-11-6-8(13(16)17)3-4-15(11)12/h1-2,5,7-8H,3-4,6H2,(H,16,17). The van der Waals surface area contributed by atoms with E-state index in [0.29, 0.717) is 19.4 Å². The molecule has 0 aliphatic carbocycles. The van der Waals surface area contributed by atoms with Crippen molar-refractivity contribution in [2.75, 3.05) is 0 Å². The van der Waals surface area contributed by atoms with E-state index < -0.39 is 5.97 Å². The van der Waals surface area contributed by atoms with E-state index in [1.165, 1.54) is 12.1 Å². The number of aliphatic carboxylic acids is 1. The third-order valence-electron chi connectivity index (χ3n) is 3.46. The molecule has 4 heteroatoms. The lowest BCUT2D eigenvalue weighted by Crippen LogP contribution is -2.24. The van der Waals surface area contributed by atoms with E-state index in [1.54, 1.807) is 6.07 Å². The maximum atomic E-state index is 13.1. The number of hydrogen-bond acceptors (Lipinski definition) is 1. The highest BCUT2D eigenvalue weighted by atomic mass is 19.1. The topological polar surface area (TPSA) is 42.2 Å². The van der Waals surface area contributed by atoms with E-state index in [2.05, 4.69) is 4.57 Å². The molecule has 3 rings (SSSR count). The molecule has 2 aromatic rings. The Morgan fingerprint density at radius 1 is 1.41 bits per heavy atom. The van der Waals surface area contributed by atoms with Crippen LogP contribution in [0.1, 0.15) is 12.1 Å². The fourth-order valence-corrected chi connectivity index (χ4v) is 2.58. The highest BCUT2D eigenvalue weighted by Gasteiger charge is 2.25. The monoisotopic (exact) mass is 233 g/mol. The summed E-state index contributed by atoms with van der Waals surface area (Å²) in [4.78, 5) is 11.0. The first kappa shape index (κ1) is 10.3. The molecule has 0 spiro atoms. The van der Waals surface area contributed by atoms with Crippen molar-refractivity contribution in [3.05, 3.63) is 35.8 Å². The molecular formula is C13H12FNO2. The molecule has 1 aliphatic rings. The first-order chi connectivity index (χ1) is 8.15. The number of aromatic nitrogens is 1. The summed E-state index contributed by atoms with van der Waals surface area (Å²) in [6.45, 7) is 0.696. The van der Waals surface area contributed by atoms with Gasteiger partial charge < -0.3 is 9.67 Å². The van der Waals surface area contributed by atoms with E-state index in [0.717, 1.165) is 16.6 Å². The number of carboxylic acid groups (broad SMARTS) is 1. The molecule has 0 fully saturated rings. The zero-order valence-corrected chi connectivity index (χ0v) is 9.19. The lowest BCUT2D eigenvalue weighted by atomic mass is 9.96. The quantitative estimate of drug-likeness (QED) is 0.822. The van der Waals surface area contributed by atoms with Gasteiger partial charge in [0, 0.05) is 29.6 Å². The molecule has 0 saturated carbocycles. The minimum Gasteiger partial charge on any atom is -0.481 e. The van der Waals surface area contributed by atoms with Gasteiger partial charge in [-0.05, 0) is 30.7 Å². The van der Waals surface area contributed by atoms with Crippen LogP contribution in [-0.2, 0) is 17.8 Å². The van der Waals surface area contributed by atoms with Gasteiger partial charge in [0.2, 0.25) is 0 Å². The van der Waals surface area contributed by atoms with Crippen molar-refractivity contribution >= 4 is 16.9 Å². The molecule has 1 atom stereocenters. The van der Waals surface area contributed by atoms with Crippen LogP contribution in [-0.4, -0.2) is 15.6 Å². The van der Waals surface area contributed by atoms with Gasteiger partial charge >= 0.3 is 5.97 Å². The summed E-state index contributed by atoms with van der Waals surface area (Å²) in [5.74, 6) is -1.31. The van der Waals surface area contributed by atoms with E-state index in [4.69, 9.17) is 5.11 Å². The van der Waals surface area contributed by atoms with Crippen LogP contribution < -0.4 is 0 Å². The van der Waals surface area contributed by atoms with Crippen molar-refractivity contribution in [2.45, 2.75) is 19.4 Å². The van der Waals surface area contributed by atoms with Gasteiger partial charge in [0.1, 0.15) is 5.82 Å². The second-order valence-corrected chi connectivity index (χ2v) is 4.52. The van der Waals surface area contributed by atoms with Gasteiger partial charge in [0.05, 0.1) is 5.92 Å². The van der Waals surface area contributed by atoms with Gasteiger partial charge in [-0.1, -0.05) is 0 Å². The Hall–Kier alpha value is -1.84. The third-order valence-corrected chi connectivity index (χ3v) is 3.46. The van der Waals surface area contributed by atoms with Crippen LogP contribution in [0.15, 0.2) is 24.3 Å². The fraction of sp³-hybridized carbons (Fsp3) is 0.308. The lowest BCUT2D eigenvalue weighted by Gasteiger charge is -2.21. The molecule has 0 radical (unpaired) electrons. The molecule has 1 aromatic heterocycles. The summed E-state index contributed by atoms with van der Waals surface area (Å²) >= 11 is 0. The molecule has 0 amide bonds. The fourth-order valence-electron chi connectivity index (χ4n) is 2.58. The predicted molar refractivity (Wildman–Crippen MR) is 61.3 cm³/mol. The SMILES string of the molecule is O=C(O)C1CCn2c(cc3cc(F)ccc32)C1. The highest BCUT2D eigenvalue weighted by Crippen LogP contribution is 2.28. The molecule has 1 unspecified atom stereocenters. The maximum Gasteiger partial charge on any atom is 0.306 e. The van der Waals surface area contributed by atoms with Gasteiger partial charge in [-0.3, -0.25) is 4.79 Å². The van der Waals surface area contributed by atoms with Crippen LogP contribution in [0.2, 0.25) is 0 Å². The van der Waals surface area contributed by atoms with Crippen molar-refractivity contribution in [1.29, 1.82) is 0 Å². The second kappa shape index (κ2) is 3.58.